The van der Waals surface area contributed by atoms with Gasteiger partial charge in [0.05, 0.1) is 4.90 Å². The second kappa shape index (κ2) is 9.89. The van der Waals surface area contributed by atoms with Crippen molar-refractivity contribution in [3.63, 3.8) is 0 Å². The molecule has 1 amide bonds. The lowest BCUT2D eigenvalue weighted by Gasteiger charge is -2.20. The summed E-state index contributed by atoms with van der Waals surface area (Å²) in [5.41, 5.74) is 1.92. The Morgan fingerprint density at radius 1 is 0.966 bits per heavy atom. The minimum Gasteiger partial charge on any atom is -0.484 e. The normalized spacial score (nSPS) is 15.5. The average Bonchev–Trinajstić information content (AvgIpc) is 3.03. The van der Waals surface area contributed by atoms with Gasteiger partial charge in [-0.1, -0.05) is 31.9 Å². The maximum Gasteiger partial charge on any atom is 0.262 e. The largest absolute Gasteiger partial charge is 0.484 e. The van der Waals surface area contributed by atoms with Crippen LogP contribution in [0.1, 0.15) is 38.2 Å². The molecule has 2 aromatic rings. The SMILES string of the molecule is CCc1ccc(NC(=O)COc2ccc(S(=O)(=O)N3CCCCCC3)cc2)cc1. The van der Waals surface area contributed by atoms with Crippen molar-refractivity contribution < 1.29 is 17.9 Å². The zero-order valence-electron chi connectivity index (χ0n) is 16.8. The number of anilines is 1. The van der Waals surface area contributed by atoms with Gasteiger partial charge >= 0.3 is 0 Å². The lowest BCUT2D eigenvalue weighted by molar-refractivity contribution is -0.118. The lowest BCUT2D eigenvalue weighted by atomic mass is 10.1. The maximum atomic E-state index is 12.8. The van der Waals surface area contributed by atoms with E-state index in [1.165, 1.54) is 17.7 Å². The molecule has 7 heteroatoms. The number of ether oxygens (including phenoxy) is 1. The third-order valence-corrected chi connectivity index (χ3v) is 6.96. The number of rotatable bonds is 7. The fraction of sp³-hybridized carbons (Fsp3) is 0.409. The molecule has 1 aliphatic heterocycles. The summed E-state index contributed by atoms with van der Waals surface area (Å²) in [6.45, 7) is 3.07. The zero-order chi connectivity index (χ0) is 20.7. The smallest absolute Gasteiger partial charge is 0.262 e. The lowest BCUT2D eigenvalue weighted by Crippen LogP contribution is -2.31. The molecular formula is C22H28N2O4S. The van der Waals surface area contributed by atoms with Crippen LogP contribution in [0.5, 0.6) is 5.75 Å². The molecule has 0 radical (unpaired) electrons. The van der Waals surface area contributed by atoms with Crippen molar-refractivity contribution in [2.75, 3.05) is 25.0 Å². The molecule has 0 saturated carbocycles. The van der Waals surface area contributed by atoms with Gasteiger partial charge in [0.25, 0.3) is 5.91 Å². The van der Waals surface area contributed by atoms with E-state index in [-0.39, 0.29) is 17.4 Å². The average molecular weight is 417 g/mol. The van der Waals surface area contributed by atoms with Gasteiger partial charge in [-0.3, -0.25) is 4.79 Å². The molecule has 0 atom stereocenters. The van der Waals surface area contributed by atoms with E-state index in [0.29, 0.717) is 18.8 Å². The Morgan fingerprint density at radius 3 is 2.17 bits per heavy atom. The van der Waals surface area contributed by atoms with E-state index in [9.17, 15) is 13.2 Å². The number of nitrogens with one attached hydrogen (secondary N) is 1. The van der Waals surface area contributed by atoms with Gasteiger partial charge in [0.1, 0.15) is 5.75 Å². The zero-order valence-corrected chi connectivity index (χ0v) is 17.6. The summed E-state index contributed by atoms with van der Waals surface area (Å²) in [5, 5.41) is 2.78. The minimum absolute atomic E-state index is 0.145. The minimum atomic E-state index is -3.48. The van der Waals surface area contributed by atoms with E-state index in [2.05, 4.69) is 12.2 Å². The van der Waals surface area contributed by atoms with Crippen molar-refractivity contribution in [2.24, 2.45) is 0 Å². The van der Waals surface area contributed by atoms with Gasteiger partial charge in [0, 0.05) is 18.8 Å². The van der Waals surface area contributed by atoms with Gasteiger partial charge in [-0.15, -0.1) is 0 Å². The number of benzene rings is 2. The first kappa shape index (κ1) is 21.3. The fourth-order valence-corrected chi connectivity index (χ4v) is 4.83. The van der Waals surface area contributed by atoms with Crippen LogP contribution in [-0.2, 0) is 21.2 Å². The molecule has 1 fully saturated rings. The Morgan fingerprint density at radius 2 is 1.59 bits per heavy atom. The van der Waals surface area contributed by atoms with E-state index in [0.717, 1.165) is 37.8 Å². The molecule has 0 unspecified atom stereocenters. The first-order chi connectivity index (χ1) is 14.0. The molecule has 0 spiro atoms. The topological polar surface area (TPSA) is 75.7 Å². The molecule has 0 bridgehead atoms. The van der Waals surface area contributed by atoms with Crippen LogP contribution in [0, 0.1) is 0 Å². The van der Waals surface area contributed by atoms with Gasteiger partial charge in [-0.2, -0.15) is 4.31 Å². The van der Waals surface area contributed by atoms with Crippen molar-refractivity contribution in [2.45, 2.75) is 43.9 Å². The molecule has 29 heavy (non-hydrogen) atoms. The summed E-state index contributed by atoms with van der Waals surface area (Å²) >= 11 is 0. The van der Waals surface area contributed by atoms with Crippen molar-refractivity contribution in [1.82, 2.24) is 4.31 Å². The van der Waals surface area contributed by atoms with Crippen LogP contribution in [0.2, 0.25) is 0 Å². The summed E-state index contributed by atoms with van der Waals surface area (Å²) in [6.07, 6.45) is 4.89. The van der Waals surface area contributed by atoms with Gasteiger partial charge < -0.3 is 10.1 Å². The monoisotopic (exact) mass is 416 g/mol. The molecule has 156 valence electrons. The Hall–Kier alpha value is -2.38. The third-order valence-electron chi connectivity index (χ3n) is 5.04. The first-order valence-electron chi connectivity index (χ1n) is 10.1. The highest BCUT2D eigenvalue weighted by Crippen LogP contribution is 2.22. The van der Waals surface area contributed by atoms with E-state index in [4.69, 9.17) is 4.74 Å². The molecule has 0 aromatic heterocycles. The van der Waals surface area contributed by atoms with Crippen LogP contribution < -0.4 is 10.1 Å². The van der Waals surface area contributed by atoms with Crippen LogP contribution in [0.15, 0.2) is 53.4 Å². The highest BCUT2D eigenvalue weighted by atomic mass is 32.2. The van der Waals surface area contributed by atoms with Crippen molar-refractivity contribution in [3.8, 4) is 5.75 Å². The van der Waals surface area contributed by atoms with Crippen molar-refractivity contribution >= 4 is 21.6 Å². The molecule has 6 nitrogen and oxygen atoms in total. The molecule has 1 saturated heterocycles. The number of sulfonamides is 1. The van der Waals surface area contributed by atoms with Crippen molar-refractivity contribution in [1.29, 1.82) is 0 Å². The Bertz CT molecular complexity index is 901. The highest BCUT2D eigenvalue weighted by molar-refractivity contribution is 7.89. The number of carbonyl (C=O) groups excluding carboxylic acids is 1. The Balaban J connectivity index is 1.55. The molecule has 3 rings (SSSR count). The second-order valence-electron chi connectivity index (χ2n) is 7.18. The number of nitrogens with zero attached hydrogens (tertiary/aromatic N) is 1. The van der Waals surface area contributed by atoms with E-state index in [1.807, 2.05) is 24.3 Å². The predicted octanol–water partition coefficient (Wildman–Crippen LogP) is 3.83. The Kier molecular flexibility index (Phi) is 7.28. The summed E-state index contributed by atoms with van der Waals surface area (Å²) < 4.78 is 32.6. The fourth-order valence-electron chi connectivity index (χ4n) is 3.31. The van der Waals surface area contributed by atoms with Gasteiger partial charge in [-0.05, 0) is 61.2 Å². The highest BCUT2D eigenvalue weighted by Gasteiger charge is 2.25. The molecular weight excluding hydrogens is 388 g/mol. The number of hydrogen-bond donors (Lipinski definition) is 1. The number of amides is 1. The Labute approximate surface area is 172 Å². The van der Waals surface area contributed by atoms with Gasteiger partial charge in [-0.25, -0.2) is 8.42 Å². The van der Waals surface area contributed by atoms with Crippen molar-refractivity contribution in [3.05, 3.63) is 54.1 Å². The van der Waals surface area contributed by atoms with Gasteiger partial charge in [0.15, 0.2) is 6.61 Å². The number of aryl methyl sites for hydroxylation is 1. The molecule has 1 heterocycles. The van der Waals surface area contributed by atoms with Crippen LogP contribution >= 0.6 is 0 Å². The van der Waals surface area contributed by atoms with Crippen LogP contribution in [0.3, 0.4) is 0 Å². The standard InChI is InChI=1S/C22H28N2O4S/c1-2-18-7-9-19(10-8-18)23-22(25)17-28-20-11-13-21(14-12-20)29(26,27)24-15-5-3-4-6-16-24/h7-14H,2-6,15-17H2,1H3,(H,23,25). The van der Waals surface area contributed by atoms with Crippen LogP contribution in [0.25, 0.3) is 0 Å². The quantitative estimate of drug-likeness (QED) is 0.744. The summed E-state index contributed by atoms with van der Waals surface area (Å²) in [7, 11) is -3.48. The summed E-state index contributed by atoms with van der Waals surface area (Å²) in [4.78, 5) is 12.3. The molecule has 0 aliphatic carbocycles. The van der Waals surface area contributed by atoms with Crippen LogP contribution in [0.4, 0.5) is 5.69 Å². The maximum absolute atomic E-state index is 12.8. The molecule has 1 aliphatic rings. The first-order valence-corrected chi connectivity index (χ1v) is 11.5. The molecule has 1 N–H and O–H groups in total. The van der Waals surface area contributed by atoms with E-state index in [1.54, 1.807) is 16.4 Å². The predicted molar refractivity (Wildman–Crippen MR) is 114 cm³/mol. The van der Waals surface area contributed by atoms with Gasteiger partial charge in [0.2, 0.25) is 10.0 Å². The van der Waals surface area contributed by atoms with Crippen LogP contribution in [-0.4, -0.2) is 38.3 Å². The number of hydrogen-bond acceptors (Lipinski definition) is 4. The second-order valence-corrected chi connectivity index (χ2v) is 9.11. The summed E-state index contributed by atoms with van der Waals surface area (Å²) in [5.74, 6) is 0.187. The van der Waals surface area contributed by atoms with E-state index >= 15 is 0 Å². The summed E-state index contributed by atoms with van der Waals surface area (Å²) in [6, 6.07) is 13.9. The van der Waals surface area contributed by atoms with E-state index < -0.39 is 10.0 Å². The molecule has 2 aromatic carbocycles. The third kappa shape index (κ3) is 5.81. The number of carbonyl (C=O) groups is 1.